The highest BCUT2D eigenvalue weighted by atomic mass is 127. The average Bonchev–Trinajstić information content (AvgIpc) is 2.38. The molecule has 0 aromatic carbocycles. The lowest BCUT2D eigenvalue weighted by Gasteiger charge is -2.13. The maximum atomic E-state index is 5.58. The van der Waals surface area contributed by atoms with Crippen molar-refractivity contribution in [2.75, 3.05) is 18.2 Å². The van der Waals surface area contributed by atoms with Crippen molar-refractivity contribution in [2.24, 2.45) is 0 Å². The minimum Gasteiger partial charge on any atom is -0.495 e. The van der Waals surface area contributed by atoms with E-state index in [1.807, 2.05) is 13.0 Å². The lowest BCUT2D eigenvalue weighted by atomic mass is 10.4. The number of aromatic nitrogens is 1. The smallest absolute Gasteiger partial charge is 0.213 e. The summed E-state index contributed by atoms with van der Waals surface area (Å²) in [6.07, 6.45) is 3.01. The van der Waals surface area contributed by atoms with Crippen LogP contribution in [0.5, 0.6) is 11.6 Å². The fraction of sp³-hybridized carbons (Fsp3) is 0.615. The number of hydrogen-bond acceptors (Lipinski definition) is 4. The first kappa shape index (κ1) is 17.4. The molecule has 1 N–H and O–H groups in total. The molecule has 0 radical (unpaired) electrons. The molecule has 1 rings (SSSR count). The van der Waals surface area contributed by atoms with E-state index in [1.165, 1.54) is 6.42 Å². The standard InChI is InChI=1S/C10H15IN2O2.C3H8.H2/c1-8(5-12-7-11)15-10-4-3-9(14-2)6-13-10;1-3-2;/h3-4,6,8,12H,5,7H2,1-2H3;3H2,1-2H3;1H/t8-;;/m1../s1. The van der Waals surface area contributed by atoms with Crippen molar-refractivity contribution in [3.63, 3.8) is 0 Å². The van der Waals surface area contributed by atoms with E-state index >= 15 is 0 Å². The average molecular weight is 368 g/mol. The van der Waals surface area contributed by atoms with Gasteiger partial charge in [-0.3, -0.25) is 0 Å². The number of rotatable bonds is 6. The van der Waals surface area contributed by atoms with Crippen LogP contribution in [0.2, 0.25) is 0 Å². The molecular weight excluding hydrogens is 343 g/mol. The SMILES string of the molecule is CCC.COc1ccc(O[C@H](C)CNCI)nc1.[HH]. The zero-order valence-electron chi connectivity index (χ0n) is 11.6. The van der Waals surface area contributed by atoms with E-state index in [1.54, 1.807) is 19.4 Å². The van der Waals surface area contributed by atoms with Crippen LogP contribution in [0.15, 0.2) is 18.3 Å². The molecule has 0 saturated heterocycles. The molecule has 0 fully saturated rings. The Morgan fingerprint density at radius 3 is 2.56 bits per heavy atom. The lowest BCUT2D eigenvalue weighted by molar-refractivity contribution is 0.211. The van der Waals surface area contributed by atoms with Crippen LogP contribution < -0.4 is 14.8 Å². The number of hydrogen-bond donors (Lipinski definition) is 1. The molecule has 106 valence electrons. The zero-order chi connectivity index (χ0) is 13.8. The van der Waals surface area contributed by atoms with Gasteiger partial charge < -0.3 is 14.8 Å². The Kier molecular flexibility index (Phi) is 11.2. The molecule has 0 spiro atoms. The Hall–Kier alpha value is -0.560. The first-order valence-corrected chi connectivity index (χ1v) is 7.63. The topological polar surface area (TPSA) is 43.4 Å². The van der Waals surface area contributed by atoms with Crippen LogP contribution in [0, 0.1) is 0 Å². The summed E-state index contributed by atoms with van der Waals surface area (Å²) in [5, 5.41) is 3.20. The van der Waals surface area contributed by atoms with Crippen molar-refractivity contribution in [2.45, 2.75) is 33.3 Å². The first-order valence-electron chi connectivity index (χ1n) is 6.11. The largest absolute Gasteiger partial charge is 0.495 e. The maximum Gasteiger partial charge on any atom is 0.213 e. The molecule has 1 heterocycles. The second-order valence-corrected chi connectivity index (χ2v) is 4.52. The summed E-state index contributed by atoms with van der Waals surface area (Å²) in [6.45, 7) is 7.07. The molecule has 0 aliphatic carbocycles. The molecule has 0 bridgehead atoms. The molecule has 0 aliphatic heterocycles. The zero-order valence-corrected chi connectivity index (χ0v) is 13.7. The molecule has 1 aromatic heterocycles. The molecule has 1 atom stereocenters. The number of pyridine rings is 1. The van der Waals surface area contributed by atoms with Gasteiger partial charge in [0, 0.05) is 18.6 Å². The molecule has 0 saturated carbocycles. The van der Waals surface area contributed by atoms with Gasteiger partial charge in [-0.05, 0) is 13.0 Å². The summed E-state index contributed by atoms with van der Waals surface area (Å²) in [6, 6.07) is 3.64. The van der Waals surface area contributed by atoms with Crippen LogP contribution in [-0.2, 0) is 0 Å². The third-order valence-electron chi connectivity index (χ3n) is 1.79. The fourth-order valence-corrected chi connectivity index (χ4v) is 1.37. The third-order valence-corrected chi connectivity index (χ3v) is 2.33. The van der Waals surface area contributed by atoms with Gasteiger partial charge in [-0.25, -0.2) is 4.98 Å². The number of methoxy groups -OCH3 is 1. The highest BCUT2D eigenvalue weighted by Crippen LogP contribution is 2.13. The fourth-order valence-electron chi connectivity index (χ4n) is 1.06. The molecule has 1 aromatic rings. The Morgan fingerprint density at radius 1 is 1.44 bits per heavy atom. The number of halogens is 1. The highest BCUT2D eigenvalue weighted by Gasteiger charge is 2.03. The van der Waals surface area contributed by atoms with Gasteiger partial charge in [-0.2, -0.15) is 0 Å². The van der Waals surface area contributed by atoms with Crippen molar-refractivity contribution >= 4 is 22.6 Å². The van der Waals surface area contributed by atoms with Gasteiger partial charge in [0.25, 0.3) is 0 Å². The second-order valence-electron chi connectivity index (χ2n) is 3.76. The van der Waals surface area contributed by atoms with Gasteiger partial charge in [0.15, 0.2) is 0 Å². The van der Waals surface area contributed by atoms with Crippen LogP contribution in [0.3, 0.4) is 0 Å². The summed E-state index contributed by atoms with van der Waals surface area (Å²) in [5.74, 6) is 1.36. The Morgan fingerprint density at radius 2 is 2.11 bits per heavy atom. The summed E-state index contributed by atoms with van der Waals surface area (Å²) < 4.78 is 11.5. The number of nitrogens with one attached hydrogen (secondary N) is 1. The van der Waals surface area contributed by atoms with Crippen LogP contribution >= 0.6 is 22.6 Å². The molecule has 0 amide bonds. The Bertz CT molecular complexity index is 299. The summed E-state index contributed by atoms with van der Waals surface area (Å²) in [4.78, 5) is 4.12. The van der Waals surface area contributed by atoms with Crippen molar-refractivity contribution in [3.8, 4) is 11.6 Å². The molecule has 5 heteroatoms. The minimum atomic E-state index is 0. The van der Waals surface area contributed by atoms with Gasteiger partial charge in [0.2, 0.25) is 5.88 Å². The number of ether oxygens (including phenoxy) is 2. The molecule has 4 nitrogen and oxygen atoms in total. The van der Waals surface area contributed by atoms with Gasteiger partial charge in [0.05, 0.1) is 13.3 Å². The van der Waals surface area contributed by atoms with Crippen molar-refractivity contribution in [1.29, 1.82) is 0 Å². The van der Waals surface area contributed by atoms with Crippen LogP contribution in [-0.4, -0.2) is 29.3 Å². The molecule has 18 heavy (non-hydrogen) atoms. The molecule has 0 unspecified atom stereocenters. The Balaban J connectivity index is 0. The van der Waals surface area contributed by atoms with Crippen molar-refractivity contribution in [3.05, 3.63) is 18.3 Å². The van der Waals surface area contributed by atoms with Crippen LogP contribution in [0.4, 0.5) is 0 Å². The third kappa shape index (κ3) is 8.52. The normalized spacial score (nSPS) is 11.2. The summed E-state index contributed by atoms with van der Waals surface area (Å²) in [5.41, 5.74) is 0. The van der Waals surface area contributed by atoms with Gasteiger partial charge in [0.1, 0.15) is 11.9 Å². The number of nitrogens with zero attached hydrogens (tertiary/aromatic N) is 1. The van der Waals surface area contributed by atoms with E-state index in [9.17, 15) is 0 Å². The molecule has 0 aliphatic rings. The van der Waals surface area contributed by atoms with Gasteiger partial charge >= 0.3 is 0 Å². The van der Waals surface area contributed by atoms with E-state index in [0.717, 1.165) is 16.8 Å². The van der Waals surface area contributed by atoms with E-state index < -0.39 is 0 Å². The maximum absolute atomic E-state index is 5.58. The van der Waals surface area contributed by atoms with Crippen molar-refractivity contribution in [1.82, 2.24) is 10.3 Å². The summed E-state index contributed by atoms with van der Waals surface area (Å²) >= 11 is 2.26. The summed E-state index contributed by atoms with van der Waals surface area (Å²) in [7, 11) is 1.62. The van der Waals surface area contributed by atoms with Gasteiger partial charge in [-0.1, -0.05) is 42.9 Å². The van der Waals surface area contributed by atoms with E-state index in [0.29, 0.717) is 5.88 Å². The highest BCUT2D eigenvalue weighted by molar-refractivity contribution is 14.1. The van der Waals surface area contributed by atoms with E-state index in [4.69, 9.17) is 9.47 Å². The lowest BCUT2D eigenvalue weighted by Crippen LogP contribution is -2.28. The molecular formula is C13H25IN2O2. The van der Waals surface area contributed by atoms with Crippen molar-refractivity contribution < 1.29 is 10.9 Å². The minimum absolute atomic E-state index is 0. The second kappa shape index (κ2) is 11.5. The van der Waals surface area contributed by atoms with E-state index in [2.05, 4.69) is 46.7 Å². The van der Waals surface area contributed by atoms with Gasteiger partial charge in [-0.15, -0.1) is 0 Å². The first-order chi connectivity index (χ1) is 8.67. The predicted molar refractivity (Wildman–Crippen MR) is 85.8 cm³/mol. The van der Waals surface area contributed by atoms with E-state index in [-0.39, 0.29) is 7.53 Å². The monoisotopic (exact) mass is 368 g/mol. The quantitative estimate of drug-likeness (QED) is 0.474. The Labute approximate surface area is 125 Å². The van der Waals surface area contributed by atoms with Crippen LogP contribution in [0.25, 0.3) is 0 Å². The number of alkyl halides is 1. The predicted octanol–water partition coefficient (Wildman–Crippen LogP) is 3.50. The van der Waals surface area contributed by atoms with Crippen LogP contribution in [0.1, 0.15) is 28.6 Å².